The van der Waals surface area contributed by atoms with E-state index < -0.39 is 0 Å². The highest BCUT2D eigenvalue weighted by Crippen LogP contribution is 2.43. The molecule has 0 heterocycles. The third kappa shape index (κ3) is 3.14. The van der Waals surface area contributed by atoms with Crippen LogP contribution in [0.5, 0.6) is 0 Å². The van der Waals surface area contributed by atoms with Crippen LogP contribution in [0.3, 0.4) is 0 Å². The molecule has 0 aromatic heterocycles. The second kappa shape index (κ2) is 6.20. The zero-order chi connectivity index (χ0) is 14.7. The van der Waals surface area contributed by atoms with Crippen molar-refractivity contribution in [3.05, 3.63) is 35.9 Å². The van der Waals surface area contributed by atoms with Gasteiger partial charge in [-0.25, -0.2) is 0 Å². The molecule has 21 heavy (non-hydrogen) atoms. The Balaban J connectivity index is 1.48. The second-order valence-electron chi connectivity index (χ2n) is 7.20. The summed E-state index contributed by atoms with van der Waals surface area (Å²) < 4.78 is 0. The third-order valence-electron chi connectivity index (χ3n) is 5.56. The smallest absolute Gasteiger partial charge is 0.0852 e. The maximum absolute atomic E-state index is 9.58. The average Bonchev–Trinajstić information content (AvgIpc) is 2.49. The fraction of sp³-hybridized carbons (Fsp3) is 0.632. The molecule has 0 saturated heterocycles. The standard InChI is InChI=1S/C19H26N2/c1-15-7-9-16(10-8-15)13-21-18-11-19(12-18,14-20)17-5-3-2-4-6-17/h2-6,15-16,18,21H,7-13H2,1H3. The summed E-state index contributed by atoms with van der Waals surface area (Å²) in [6.07, 6.45) is 7.48. The fourth-order valence-electron chi connectivity index (χ4n) is 3.94. The van der Waals surface area contributed by atoms with Gasteiger partial charge in [-0.1, -0.05) is 50.1 Å². The van der Waals surface area contributed by atoms with Crippen molar-refractivity contribution in [2.75, 3.05) is 6.54 Å². The summed E-state index contributed by atoms with van der Waals surface area (Å²) in [4.78, 5) is 0. The van der Waals surface area contributed by atoms with Gasteiger partial charge >= 0.3 is 0 Å². The second-order valence-corrected chi connectivity index (χ2v) is 7.20. The predicted molar refractivity (Wildman–Crippen MR) is 85.9 cm³/mol. The van der Waals surface area contributed by atoms with E-state index in [1.165, 1.54) is 31.2 Å². The van der Waals surface area contributed by atoms with Crippen LogP contribution in [0.2, 0.25) is 0 Å². The molecule has 0 bridgehead atoms. The van der Waals surface area contributed by atoms with E-state index in [0.29, 0.717) is 6.04 Å². The van der Waals surface area contributed by atoms with E-state index in [2.05, 4.69) is 30.4 Å². The van der Waals surface area contributed by atoms with E-state index in [1.54, 1.807) is 0 Å². The number of nitrogens with one attached hydrogen (secondary N) is 1. The summed E-state index contributed by atoms with van der Waals surface area (Å²) >= 11 is 0. The summed E-state index contributed by atoms with van der Waals surface area (Å²) in [5.74, 6) is 1.78. The summed E-state index contributed by atoms with van der Waals surface area (Å²) in [5, 5.41) is 13.3. The van der Waals surface area contributed by atoms with Crippen LogP contribution >= 0.6 is 0 Å². The van der Waals surface area contributed by atoms with Crippen LogP contribution < -0.4 is 5.32 Å². The highest BCUT2D eigenvalue weighted by atomic mass is 14.9. The molecule has 0 spiro atoms. The largest absolute Gasteiger partial charge is 0.314 e. The van der Waals surface area contributed by atoms with Crippen LogP contribution in [-0.2, 0) is 5.41 Å². The van der Waals surface area contributed by atoms with Gasteiger partial charge in [-0.2, -0.15) is 5.26 Å². The molecule has 0 atom stereocenters. The minimum atomic E-state index is -0.236. The predicted octanol–water partition coefficient (Wildman–Crippen LogP) is 4.03. The van der Waals surface area contributed by atoms with Crippen molar-refractivity contribution in [2.24, 2.45) is 11.8 Å². The van der Waals surface area contributed by atoms with Crippen molar-refractivity contribution in [2.45, 2.75) is 56.9 Å². The molecule has 1 aromatic rings. The van der Waals surface area contributed by atoms with Gasteiger partial charge in [0.25, 0.3) is 0 Å². The van der Waals surface area contributed by atoms with Gasteiger partial charge in [-0.3, -0.25) is 0 Å². The lowest BCUT2D eigenvalue weighted by atomic mass is 9.62. The average molecular weight is 282 g/mol. The van der Waals surface area contributed by atoms with Gasteiger partial charge in [0, 0.05) is 6.04 Å². The SMILES string of the molecule is CC1CCC(CNC2CC(C#N)(c3ccccc3)C2)CC1. The van der Waals surface area contributed by atoms with Gasteiger partial charge in [0.1, 0.15) is 0 Å². The fourth-order valence-corrected chi connectivity index (χ4v) is 3.94. The first-order valence-electron chi connectivity index (χ1n) is 8.42. The van der Waals surface area contributed by atoms with Crippen LogP contribution in [0.15, 0.2) is 30.3 Å². The van der Waals surface area contributed by atoms with Crippen LogP contribution in [0, 0.1) is 23.2 Å². The molecule has 2 fully saturated rings. The molecule has 0 amide bonds. The topological polar surface area (TPSA) is 35.8 Å². The number of nitrogens with zero attached hydrogens (tertiary/aromatic N) is 1. The lowest BCUT2D eigenvalue weighted by Gasteiger charge is -2.44. The molecule has 2 nitrogen and oxygen atoms in total. The van der Waals surface area contributed by atoms with E-state index in [1.807, 2.05) is 18.2 Å². The maximum atomic E-state index is 9.58. The van der Waals surface area contributed by atoms with Crippen LogP contribution in [-0.4, -0.2) is 12.6 Å². The first-order chi connectivity index (χ1) is 10.2. The molecule has 2 aliphatic carbocycles. The van der Waals surface area contributed by atoms with Crippen molar-refractivity contribution in [3.8, 4) is 6.07 Å². The first kappa shape index (κ1) is 14.6. The third-order valence-corrected chi connectivity index (χ3v) is 5.56. The van der Waals surface area contributed by atoms with E-state index >= 15 is 0 Å². The zero-order valence-corrected chi connectivity index (χ0v) is 13.0. The van der Waals surface area contributed by atoms with Crippen LogP contribution in [0.25, 0.3) is 0 Å². The molecule has 2 saturated carbocycles. The Bertz CT molecular complexity index is 488. The van der Waals surface area contributed by atoms with Gasteiger partial charge in [0.05, 0.1) is 11.5 Å². The van der Waals surface area contributed by atoms with E-state index in [4.69, 9.17) is 0 Å². The van der Waals surface area contributed by atoms with Crippen LogP contribution in [0.4, 0.5) is 0 Å². The summed E-state index contributed by atoms with van der Waals surface area (Å²) in [6.45, 7) is 3.52. The highest BCUT2D eigenvalue weighted by Gasteiger charge is 2.45. The van der Waals surface area contributed by atoms with E-state index in [9.17, 15) is 5.26 Å². The Morgan fingerprint density at radius 2 is 1.81 bits per heavy atom. The molecule has 0 aliphatic heterocycles. The number of rotatable bonds is 4. The molecular formula is C19H26N2. The molecule has 1 N–H and O–H groups in total. The Labute approximate surface area is 128 Å². The summed E-state index contributed by atoms with van der Waals surface area (Å²) in [6, 6.07) is 13.4. The van der Waals surface area contributed by atoms with Gasteiger partial charge < -0.3 is 5.32 Å². The Morgan fingerprint density at radius 3 is 2.43 bits per heavy atom. The van der Waals surface area contributed by atoms with Gasteiger partial charge in [0.2, 0.25) is 0 Å². The monoisotopic (exact) mass is 282 g/mol. The van der Waals surface area contributed by atoms with Crippen molar-refractivity contribution >= 4 is 0 Å². The van der Waals surface area contributed by atoms with Crippen molar-refractivity contribution in [3.63, 3.8) is 0 Å². The molecule has 112 valence electrons. The maximum Gasteiger partial charge on any atom is 0.0852 e. The van der Waals surface area contributed by atoms with Crippen molar-refractivity contribution in [1.29, 1.82) is 5.26 Å². The minimum Gasteiger partial charge on any atom is -0.314 e. The molecular weight excluding hydrogens is 256 g/mol. The van der Waals surface area contributed by atoms with Gasteiger partial charge in [-0.15, -0.1) is 0 Å². The molecule has 0 radical (unpaired) electrons. The van der Waals surface area contributed by atoms with Gasteiger partial charge in [0.15, 0.2) is 0 Å². The normalized spacial score (nSPS) is 35.7. The van der Waals surface area contributed by atoms with Crippen molar-refractivity contribution < 1.29 is 0 Å². The Hall–Kier alpha value is -1.33. The highest BCUT2D eigenvalue weighted by molar-refractivity contribution is 5.36. The number of hydrogen-bond acceptors (Lipinski definition) is 2. The Morgan fingerprint density at radius 1 is 1.14 bits per heavy atom. The zero-order valence-electron chi connectivity index (χ0n) is 13.0. The number of benzene rings is 1. The molecule has 3 rings (SSSR count). The molecule has 2 aliphatic rings. The van der Waals surface area contributed by atoms with E-state index in [0.717, 1.165) is 31.2 Å². The minimum absolute atomic E-state index is 0.236. The quantitative estimate of drug-likeness (QED) is 0.905. The lowest BCUT2D eigenvalue weighted by Crippen LogP contribution is -2.52. The Kier molecular flexibility index (Phi) is 4.31. The first-order valence-corrected chi connectivity index (χ1v) is 8.42. The van der Waals surface area contributed by atoms with Crippen LogP contribution in [0.1, 0.15) is 51.0 Å². The molecule has 0 unspecified atom stereocenters. The van der Waals surface area contributed by atoms with E-state index in [-0.39, 0.29) is 5.41 Å². The lowest BCUT2D eigenvalue weighted by molar-refractivity contribution is 0.201. The number of nitriles is 1. The summed E-state index contributed by atoms with van der Waals surface area (Å²) in [7, 11) is 0. The van der Waals surface area contributed by atoms with Crippen molar-refractivity contribution in [1.82, 2.24) is 5.32 Å². The summed E-state index contributed by atoms with van der Waals surface area (Å²) in [5.41, 5.74) is 0.956. The number of hydrogen-bond donors (Lipinski definition) is 1. The van der Waals surface area contributed by atoms with Gasteiger partial charge in [-0.05, 0) is 49.6 Å². The molecule has 2 heteroatoms. The molecule has 1 aromatic carbocycles.